The molecule has 0 aromatic carbocycles. The van der Waals surface area contributed by atoms with E-state index in [0.717, 1.165) is 0 Å². The predicted molar refractivity (Wildman–Crippen MR) is 82.6 cm³/mol. The first kappa shape index (κ1) is 14.9. The van der Waals surface area contributed by atoms with E-state index < -0.39 is 12.0 Å². The van der Waals surface area contributed by atoms with Crippen LogP contribution in [0.2, 0.25) is 0 Å². The van der Waals surface area contributed by atoms with Crippen molar-refractivity contribution in [3.8, 4) is 0 Å². The summed E-state index contributed by atoms with van der Waals surface area (Å²) in [6.45, 7) is 3.69. The Labute approximate surface area is 131 Å². The Balaban J connectivity index is 1.95. The number of anilines is 1. The van der Waals surface area contributed by atoms with E-state index in [1.165, 1.54) is 15.9 Å². The number of nitrogens with one attached hydrogen (secondary N) is 1. The van der Waals surface area contributed by atoms with Gasteiger partial charge in [-0.3, -0.25) is 15.1 Å². The number of hydrogen-bond acceptors (Lipinski definition) is 7. The number of carbonyl (C=O) groups is 2. The van der Waals surface area contributed by atoms with E-state index >= 15 is 0 Å². The Morgan fingerprint density at radius 2 is 2.22 bits per heavy atom. The van der Waals surface area contributed by atoms with Gasteiger partial charge in [0.25, 0.3) is 11.9 Å². The summed E-state index contributed by atoms with van der Waals surface area (Å²) in [6.07, 6.45) is 0.872. The van der Waals surface area contributed by atoms with Crippen molar-refractivity contribution >= 4 is 35.8 Å². The molecule has 0 saturated carbocycles. The molecule has 23 heavy (non-hydrogen) atoms. The van der Waals surface area contributed by atoms with Gasteiger partial charge in [0.2, 0.25) is 0 Å². The van der Waals surface area contributed by atoms with Gasteiger partial charge in [0, 0.05) is 19.3 Å². The van der Waals surface area contributed by atoms with E-state index in [0.29, 0.717) is 17.3 Å². The molecule has 2 aliphatic heterocycles. The third-order valence-corrected chi connectivity index (χ3v) is 3.22. The number of carbonyl (C=O) groups excluding carboxylic acids is 2. The van der Waals surface area contributed by atoms with Gasteiger partial charge in [0.05, 0.1) is 12.3 Å². The van der Waals surface area contributed by atoms with Crippen molar-refractivity contribution in [2.45, 2.75) is 13.8 Å². The largest absolute Gasteiger partial charge is 0.450 e. The molecule has 10 nitrogen and oxygen atoms in total. The average molecular weight is 317 g/mol. The molecule has 1 unspecified atom stereocenters. The molecular weight excluding hydrogens is 302 g/mol. The lowest BCUT2D eigenvalue weighted by Gasteiger charge is -2.17. The highest BCUT2D eigenvalue weighted by Gasteiger charge is 2.35. The maximum Gasteiger partial charge on any atom is 0.412 e. The SMILES string of the molecule is CCOC(=O)Nc1cc(C)nn1C1=NC(=O)C2C=NN(C)C2=N1. The molecule has 3 heterocycles. The fraction of sp³-hybridized carbons (Fsp3) is 0.385. The predicted octanol–water partition coefficient (Wildman–Crippen LogP) is 0.450. The van der Waals surface area contributed by atoms with Crippen LogP contribution in [-0.2, 0) is 9.53 Å². The first-order valence-corrected chi connectivity index (χ1v) is 6.99. The zero-order valence-corrected chi connectivity index (χ0v) is 12.8. The summed E-state index contributed by atoms with van der Waals surface area (Å²) in [7, 11) is 1.69. The van der Waals surface area contributed by atoms with E-state index in [1.54, 1.807) is 27.0 Å². The minimum absolute atomic E-state index is 0.0681. The summed E-state index contributed by atoms with van der Waals surface area (Å²) in [4.78, 5) is 32.0. The van der Waals surface area contributed by atoms with Crippen molar-refractivity contribution in [3.05, 3.63) is 11.8 Å². The molecule has 2 amide bonds. The van der Waals surface area contributed by atoms with Crippen LogP contribution < -0.4 is 5.32 Å². The van der Waals surface area contributed by atoms with Crippen molar-refractivity contribution < 1.29 is 14.3 Å². The van der Waals surface area contributed by atoms with Crippen LogP contribution in [-0.4, -0.2) is 58.5 Å². The Kier molecular flexibility index (Phi) is 3.64. The summed E-state index contributed by atoms with van der Waals surface area (Å²) in [5.41, 5.74) is 0.630. The van der Waals surface area contributed by atoms with Crippen molar-refractivity contribution in [3.63, 3.8) is 0 Å². The standard InChI is InChI=1S/C13H15N7O3/c1-4-23-13(22)15-9-5-7(2)18-20(9)12-16-10-8(11(21)17-12)6-14-19(10)3/h5-6,8H,4H2,1-3H3,(H,15,22). The van der Waals surface area contributed by atoms with Gasteiger partial charge in [0.15, 0.2) is 0 Å². The minimum Gasteiger partial charge on any atom is -0.450 e. The third-order valence-electron chi connectivity index (χ3n) is 3.22. The Bertz CT molecular complexity index is 762. The Morgan fingerprint density at radius 1 is 1.43 bits per heavy atom. The maximum atomic E-state index is 12.1. The highest BCUT2D eigenvalue weighted by Crippen LogP contribution is 2.19. The van der Waals surface area contributed by atoms with Crippen LogP contribution in [0.15, 0.2) is 21.2 Å². The van der Waals surface area contributed by atoms with E-state index in [1.807, 2.05) is 0 Å². The number of amides is 2. The number of aromatic nitrogens is 2. The van der Waals surface area contributed by atoms with Crippen LogP contribution in [0.1, 0.15) is 12.6 Å². The summed E-state index contributed by atoms with van der Waals surface area (Å²) >= 11 is 0. The van der Waals surface area contributed by atoms with Gasteiger partial charge in [-0.1, -0.05) is 0 Å². The number of fused-ring (bicyclic) bond motifs is 1. The van der Waals surface area contributed by atoms with Crippen molar-refractivity contribution in [1.82, 2.24) is 14.8 Å². The van der Waals surface area contributed by atoms with Crippen molar-refractivity contribution in [2.24, 2.45) is 21.0 Å². The molecule has 0 aliphatic carbocycles. The average Bonchev–Trinajstić information content (AvgIpc) is 3.03. The van der Waals surface area contributed by atoms with Crippen molar-refractivity contribution in [1.29, 1.82) is 0 Å². The molecule has 0 spiro atoms. The van der Waals surface area contributed by atoms with Crippen LogP contribution in [0.25, 0.3) is 0 Å². The molecule has 0 fully saturated rings. The maximum absolute atomic E-state index is 12.1. The zero-order valence-electron chi connectivity index (χ0n) is 12.8. The molecule has 3 rings (SSSR count). The van der Waals surface area contributed by atoms with Crippen LogP contribution in [0.4, 0.5) is 10.6 Å². The second-order valence-electron chi connectivity index (χ2n) is 4.91. The lowest BCUT2D eigenvalue weighted by atomic mass is 10.1. The highest BCUT2D eigenvalue weighted by molar-refractivity contribution is 6.24. The number of hydrazone groups is 1. The third kappa shape index (κ3) is 2.70. The molecule has 1 N–H and O–H groups in total. The smallest absolute Gasteiger partial charge is 0.412 e. The quantitative estimate of drug-likeness (QED) is 0.850. The fourth-order valence-electron chi connectivity index (χ4n) is 2.21. The summed E-state index contributed by atoms with van der Waals surface area (Å²) in [5.74, 6) is -0.0965. The monoisotopic (exact) mass is 317 g/mol. The van der Waals surface area contributed by atoms with Gasteiger partial charge in [-0.05, 0) is 13.8 Å². The fourth-order valence-corrected chi connectivity index (χ4v) is 2.21. The summed E-state index contributed by atoms with van der Waals surface area (Å²) in [5, 5.41) is 12.3. The van der Waals surface area contributed by atoms with E-state index in [-0.39, 0.29) is 18.5 Å². The molecule has 0 saturated heterocycles. The second kappa shape index (κ2) is 5.63. The van der Waals surface area contributed by atoms with E-state index in [4.69, 9.17) is 4.74 Å². The topological polar surface area (TPSA) is 114 Å². The van der Waals surface area contributed by atoms with Gasteiger partial charge in [0.1, 0.15) is 17.6 Å². The Morgan fingerprint density at radius 3 is 2.96 bits per heavy atom. The first-order chi connectivity index (χ1) is 11.0. The normalized spacial score (nSPS) is 19.3. The molecule has 120 valence electrons. The molecule has 0 radical (unpaired) electrons. The molecule has 2 aliphatic rings. The number of aliphatic imine (C=N–C) groups is 2. The lowest BCUT2D eigenvalue weighted by Crippen LogP contribution is -2.35. The first-order valence-electron chi connectivity index (χ1n) is 6.99. The van der Waals surface area contributed by atoms with Crippen LogP contribution in [0.5, 0.6) is 0 Å². The number of amidine groups is 1. The van der Waals surface area contributed by atoms with Gasteiger partial charge < -0.3 is 4.74 Å². The van der Waals surface area contributed by atoms with Gasteiger partial charge >= 0.3 is 6.09 Å². The van der Waals surface area contributed by atoms with E-state index in [2.05, 4.69) is 25.5 Å². The minimum atomic E-state index is -0.622. The van der Waals surface area contributed by atoms with Crippen LogP contribution in [0, 0.1) is 12.8 Å². The highest BCUT2D eigenvalue weighted by atomic mass is 16.5. The molecule has 0 bridgehead atoms. The van der Waals surface area contributed by atoms with Gasteiger partial charge in [-0.15, -0.1) is 0 Å². The molecule has 1 atom stereocenters. The lowest BCUT2D eigenvalue weighted by molar-refractivity contribution is -0.118. The van der Waals surface area contributed by atoms with Gasteiger partial charge in [-0.25, -0.2) is 4.79 Å². The Hall–Kier alpha value is -3.04. The summed E-state index contributed by atoms with van der Waals surface area (Å²) < 4.78 is 6.13. The number of aryl methyl sites for hydroxylation is 1. The van der Waals surface area contributed by atoms with Crippen LogP contribution >= 0.6 is 0 Å². The molecule has 1 aromatic rings. The molecular formula is C13H15N7O3. The van der Waals surface area contributed by atoms with E-state index in [9.17, 15) is 9.59 Å². The molecule has 1 aromatic heterocycles. The number of hydrogen-bond donors (Lipinski definition) is 1. The number of rotatable bonds is 2. The summed E-state index contributed by atoms with van der Waals surface area (Å²) in [6, 6.07) is 1.63. The molecule has 10 heteroatoms. The number of ether oxygens (including phenoxy) is 1. The van der Waals surface area contributed by atoms with Crippen LogP contribution in [0.3, 0.4) is 0 Å². The second-order valence-corrected chi connectivity index (χ2v) is 4.91. The zero-order chi connectivity index (χ0) is 16.6. The van der Waals surface area contributed by atoms with Crippen molar-refractivity contribution in [2.75, 3.05) is 19.0 Å². The van der Waals surface area contributed by atoms with Gasteiger partial charge in [-0.2, -0.15) is 24.9 Å². The number of nitrogens with zero attached hydrogens (tertiary/aromatic N) is 6.